The van der Waals surface area contributed by atoms with Crippen molar-refractivity contribution >= 4 is 5.91 Å². The van der Waals surface area contributed by atoms with E-state index in [0.717, 1.165) is 0 Å². The molecule has 1 amide bonds. The Bertz CT molecular complexity index is 154. The first-order chi connectivity index (χ1) is 5.00. The van der Waals surface area contributed by atoms with E-state index in [2.05, 4.69) is 6.58 Å². The van der Waals surface area contributed by atoms with Gasteiger partial charge in [0.25, 0.3) is 0 Å². The number of carbonyl (C=O) groups excluding carboxylic acids is 1. The third kappa shape index (κ3) is 2.72. The Hall–Kier alpha value is -0.830. The van der Waals surface area contributed by atoms with Crippen LogP contribution >= 0.6 is 0 Å². The molecule has 3 heteroatoms. The summed E-state index contributed by atoms with van der Waals surface area (Å²) in [7, 11) is 0. The minimum Gasteiger partial charge on any atom is -0.374 e. The zero-order chi connectivity index (χ0) is 9.02. The lowest BCUT2D eigenvalue weighted by molar-refractivity contribution is -0.139. The molecule has 11 heavy (non-hydrogen) atoms. The molecule has 0 aromatic rings. The Morgan fingerprint density at radius 3 is 2.18 bits per heavy atom. The van der Waals surface area contributed by atoms with Crippen molar-refractivity contribution < 1.29 is 9.90 Å². The number of rotatable bonds is 3. The molecule has 64 valence electrons. The first-order valence-electron chi connectivity index (χ1n) is 3.60. The molecule has 0 spiro atoms. The summed E-state index contributed by atoms with van der Waals surface area (Å²) in [6.07, 6.45) is 0.870. The summed E-state index contributed by atoms with van der Waals surface area (Å²) in [4.78, 5) is 12.3. The number of aliphatic hydroxyl groups is 1. The zero-order valence-electron chi connectivity index (χ0n) is 7.24. The van der Waals surface area contributed by atoms with Crippen LogP contribution in [0.4, 0.5) is 0 Å². The third-order valence-electron chi connectivity index (χ3n) is 1.55. The molecule has 0 aliphatic rings. The SMILES string of the molecule is C=CC(C)N(C(C)=O)C(C)O. The fraction of sp³-hybridized carbons (Fsp3) is 0.625. The minimum absolute atomic E-state index is 0.118. The number of hydrogen-bond donors (Lipinski definition) is 1. The van der Waals surface area contributed by atoms with Crippen LogP contribution in [-0.4, -0.2) is 28.2 Å². The predicted octanol–water partition coefficient (Wildman–Crippen LogP) is 0.748. The van der Waals surface area contributed by atoms with Crippen molar-refractivity contribution in [2.24, 2.45) is 0 Å². The number of amides is 1. The van der Waals surface area contributed by atoms with Crippen LogP contribution in [0.1, 0.15) is 20.8 Å². The maximum absolute atomic E-state index is 10.9. The number of aliphatic hydroxyl groups excluding tert-OH is 1. The van der Waals surface area contributed by atoms with E-state index < -0.39 is 6.23 Å². The van der Waals surface area contributed by atoms with Crippen molar-refractivity contribution in [2.75, 3.05) is 0 Å². The van der Waals surface area contributed by atoms with E-state index >= 15 is 0 Å². The van der Waals surface area contributed by atoms with Crippen LogP contribution in [0, 0.1) is 0 Å². The molecule has 0 saturated carbocycles. The summed E-state index contributed by atoms with van der Waals surface area (Å²) in [5.74, 6) is -0.146. The summed E-state index contributed by atoms with van der Waals surface area (Å²) in [6.45, 7) is 8.33. The largest absolute Gasteiger partial charge is 0.374 e. The number of hydrogen-bond acceptors (Lipinski definition) is 2. The van der Waals surface area contributed by atoms with Crippen LogP contribution in [0.15, 0.2) is 12.7 Å². The highest BCUT2D eigenvalue weighted by Crippen LogP contribution is 2.04. The second kappa shape index (κ2) is 4.13. The Labute approximate surface area is 67.3 Å². The highest BCUT2D eigenvalue weighted by Gasteiger charge is 2.17. The van der Waals surface area contributed by atoms with Crippen molar-refractivity contribution in [1.29, 1.82) is 0 Å². The number of carbonyl (C=O) groups is 1. The van der Waals surface area contributed by atoms with Gasteiger partial charge >= 0.3 is 0 Å². The molecule has 0 aliphatic carbocycles. The van der Waals surface area contributed by atoms with Crippen LogP contribution in [0.25, 0.3) is 0 Å². The van der Waals surface area contributed by atoms with Crippen molar-refractivity contribution in [3.63, 3.8) is 0 Å². The summed E-state index contributed by atoms with van der Waals surface area (Å²) in [5.41, 5.74) is 0. The summed E-state index contributed by atoms with van der Waals surface area (Å²) >= 11 is 0. The van der Waals surface area contributed by atoms with Crippen molar-refractivity contribution in [1.82, 2.24) is 4.90 Å². The molecule has 0 bridgehead atoms. The monoisotopic (exact) mass is 157 g/mol. The molecule has 0 aromatic heterocycles. The lowest BCUT2D eigenvalue weighted by Crippen LogP contribution is -2.42. The van der Waals surface area contributed by atoms with Crippen LogP contribution in [-0.2, 0) is 4.79 Å². The fourth-order valence-electron chi connectivity index (χ4n) is 1.00. The first kappa shape index (κ1) is 10.2. The highest BCUT2D eigenvalue weighted by molar-refractivity contribution is 5.73. The second-order valence-electron chi connectivity index (χ2n) is 2.53. The molecule has 0 aromatic carbocycles. The Morgan fingerprint density at radius 2 is 2.09 bits per heavy atom. The standard InChI is InChI=1S/C8H15NO2/c1-5-6(2)9(7(3)10)8(4)11/h5-7,10H,1H2,2-4H3. The van der Waals surface area contributed by atoms with Crippen LogP contribution in [0.5, 0.6) is 0 Å². The van der Waals surface area contributed by atoms with Gasteiger partial charge in [-0.25, -0.2) is 0 Å². The maximum Gasteiger partial charge on any atom is 0.221 e. The predicted molar refractivity (Wildman–Crippen MR) is 43.9 cm³/mol. The topological polar surface area (TPSA) is 40.5 Å². The van der Waals surface area contributed by atoms with Crippen LogP contribution < -0.4 is 0 Å². The number of nitrogens with zero attached hydrogens (tertiary/aromatic N) is 1. The highest BCUT2D eigenvalue weighted by atomic mass is 16.3. The molecule has 2 unspecified atom stereocenters. The van der Waals surface area contributed by atoms with Gasteiger partial charge < -0.3 is 10.0 Å². The zero-order valence-corrected chi connectivity index (χ0v) is 7.24. The van der Waals surface area contributed by atoms with Crippen molar-refractivity contribution in [3.8, 4) is 0 Å². The van der Waals surface area contributed by atoms with Crippen LogP contribution in [0.2, 0.25) is 0 Å². The van der Waals surface area contributed by atoms with Gasteiger partial charge in [0.15, 0.2) is 0 Å². The summed E-state index contributed by atoms with van der Waals surface area (Å²) < 4.78 is 0. The quantitative estimate of drug-likeness (QED) is 0.485. The molecule has 1 N–H and O–H groups in total. The van der Waals surface area contributed by atoms with Crippen LogP contribution in [0.3, 0.4) is 0 Å². The van der Waals surface area contributed by atoms with Gasteiger partial charge in [0.05, 0.1) is 0 Å². The van der Waals surface area contributed by atoms with Crippen molar-refractivity contribution in [3.05, 3.63) is 12.7 Å². The van der Waals surface area contributed by atoms with E-state index in [-0.39, 0.29) is 11.9 Å². The van der Waals surface area contributed by atoms with Gasteiger partial charge in [0.2, 0.25) is 5.91 Å². The normalized spacial score (nSPS) is 15.3. The third-order valence-corrected chi connectivity index (χ3v) is 1.55. The van der Waals surface area contributed by atoms with Gasteiger partial charge in [-0.3, -0.25) is 4.79 Å². The summed E-state index contributed by atoms with van der Waals surface area (Å²) in [6, 6.07) is -0.118. The van der Waals surface area contributed by atoms with Gasteiger partial charge in [-0.05, 0) is 13.8 Å². The molecular formula is C8H15NO2. The molecule has 0 saturated heterocycles. The maximum atomic E-state index is 10.9. The van der Waals surface area contributed by atoms with Gasteiger partial charge in [-0.2, -0.15) is 0 Å². The second-order valence-corrected chi connectivity index (χ2v) is 2.53. The van der Waals surface area contributed by atoms with E-state index in [0.29, 0.717) is 0 Å². The molecular weight excluding hydrogens is 142 g/mol. The molecule has 3 nitrogen and oxygen atoms in total. The minimum atomic E-state index is -0.750. The molecule has 0 radical (unpaired) electrons. The van der Waals surface area contributed by atoms with Crippen molar-refractivity contribution in [2.45, 2.75) is 33.0 Å². The first-order valence-corrected chi connectivity index (χ1v) is 3.60. The van der Waals surface area contributed by atoms with Gasteiger partial charge in [0.1, 0.15) is 6.23 Å². The van der Waals surface area contributed by atoms with E-state index in [4.69, 9.17) is 5.11 Å². The average molecular weight is 157 g/mol. The van der Waals surface area contributed by atoms with E-state index in [1.807, 2.05) is 0 Å². The van der Waals surface area contributed by atoms with E-state index in [1.165, 1.54) is 11.8 Å². The Kier molecular flexibility index (Phi) is 3.82. The van der Waals surface area contributed by atoms with Gasteiger partial charge in [0, 0.05) is 13.0 Å². The van der Waals surface area contributed by atoms with E-state index in [9.17, 15) is 4.79 Å². The molecule has 0 heterocycles. The molecule has 0 fully saturated rings. The van der Waals surface area contributed by atoms with Gasteiger partial charge in [-0.1, -0.05) is 6.08 Å². The Balaban J connectivity index is 4.33. The van der Waals surface area contributed by atoms with Gasteiger partial charge in [-0.15, -0.1) is 6.58 Å². The molecule has 0 rings (SSSR count). The molecule has 0 aliphatic heterocycles. The lowest BCUT2D eigenvalue weighted by Gasteiger charge is -2.28. The Morgan fingerprint density at radius 1 is 1.64 bits per heavy atom. The fourth-order valence-corrected chi connectivity index (χ4v) is 1.00. The smallest absolute Gasteiger partial charge is 0.221 e. The molecule has 2 atom stereocenters. The van der Waals surface area contributed by atoms with E-state index in [1.54, 1.807) is 19.9 Å². The average Bonchev–Trinajstić information content (AvgIpc) is 1.85. The lowest BCUT2D eigenvalue weighted by atomic mass is 10.2. The summed E-state index contributed by atoms with van der Waals surface area (Å²) in [5, 5.41) is 9.14.